The second kappa shape index (κ2) is 7.99. The number of amides is 1. The molecule has 2 aromatic heterocycles. The van der Waals surface area contributed by atoms with Gasteiger partial charge in [-0.15, -0.1) is 0 Å². The van der Waals surface area contributed by atoms with Crippen LogP contribution in [0.1, 0.15) is 50.4 Å². The van der Waals surface area contributed by atoms with Gasteiger partial charge < -0.3 is 14.0 Å². The summed E-state index contributed by atoms with van der Waals surface area (Å²) in [5.74, 6) is 1.31. The smallest absolute Gasteiger partial charge is 0.223 e. The Labute approximate surface area is 160 Å². The van der Waals surface area contributed by atoms with Crippen molar-refractivity contribution in [3.05, 3.63) is 54.6 Å². The van der Waals surface area contributed by atoms with Crippen molar-refractivity contribution in [2.45, 2.75) is 51.1 Å². The van der Waals surface area contributed by atoms with Crippen LogP contribution in [0.2, 0.25) is 0 Å². The Kier molecular flexibility index (Phi) is 5.28. The third kappa shape index (κ3) is 3.77. The summed E-state index contributed by atoms with van der Waals surface area (Å²) >= 11 is 0. The van der Waals surface area contributed by atoms with E-state index in [1.807, 2.05) is 18.2 Å². The molecule has 1 aromatic carbocycles. The number of aromatic nitrogens is 3. The summed E-state index contributed by atoms with van der Waals surface area (Å²) in [6, 6.07) is 12.4. The van der Waals surface area contributed by atoms with Gasteiger partial charge in [0.25, 0.3) is 0 Å². The average molecular weight is 364 g/mol. The summed E-state index contributed by atoms with van der Waals surface area (Å²) in [4.78, 5) is 19.7. The number of benzene rings is 1. The number of carbonyl (C=O) groups excluding carboxylic acids is 1. The fourth-order valence-corrected chi connectivity index (χ4v) is 4.21. The largest absolute Gasteiger partial charge is 0.354 e. The molecule has 1 aliphatic rings. The fourth-order valence-electron chi connectivity index (χ4n) is 4.21. The molecule has 1 aliphatic heterocycles. The van der Waals surface area contributed by atoms with Crippen molar-refractivity contribution in [2.24, 2.45) is 7.05 Å². The molecule has 4 rings (SSSR count). The molecule has 0 radical (unpaired) electrons. The van der Waals surface area contributed by atoms with Crippen LogP contribution >= 0.6 is 0 Å². The van der Waals surface area contributed by atoms with Gasteiger partial charge in [-0.2, -0.15) is 0 Å². The van der Waals surface area contributed by atoms with Crippen molar-refractivity contribution in [1.82, 2.24) is 19.0 Å². The van der Waals surface area contributed by atoms with E-state index in [0.717, 1.165) is 62.1 Å². The van der Waals surface area contributed by atoms with Gasteiger partial charge in [0.05, 0.1) is 17.1 Å². The Hall–Kier alpha value is -2.56. The first-order valence-electron chi connectivity index (χ1n) is 10.1. The maximum Gasteiger partial charge on any atom is 0.223 e. The molecule has 1 saturated heterocycles. The minimum atomic E-state index is 0.120. The zero-order valence-corrected chi connectivity index (χ0v) is 16.1. The van der Waals surface area contributed by atoms with E-state index in [-0.39, 0.29) is 11.9 Å². The van der Waals surface area contributed by atoms with Crippen molar-refractivity contribution >= 4 is 16.9 Å². The van der Waals surface area contributed by atoms with Gasteiger partial charge in [0.2, 0.25) is 5.91 Å². The summed E-state index contributed by atoms with van der Waals surface area (Å²) in [6.07, 6.45) is 10.1. The van der Waals surface area contributed by atoms with Crippen LogP contribution in [0, 0.1) is 0 Å². The zero-order chi connectivity index (χ0) is 18.6. The topological polar surface area (TPSA) is 43.1 Å². The molecule has 0 N–H and O–H groups in total. The lowest BCUT2D eigenvalue weighted by Crippen LogP contribution is -2.31. The first-order chi connectivity index (χ1) is 13.2. The zero-order valence-electron chi connectivity index (χ0n) is 16.1. The third-order valence-electron chi connectivity index (χ3n) is 5.67. The van der Waals surface area contributed by atoms with Gasteiger partial charge in [0.15, 0.2) is 0 Å². The van der Waals surface area contributed by atoms with Crippen molar-refractivity contribution in [3.8, 4) is 0 Å². The average Bonchev–Trinajstić information content (AvgIpc) is 3.42. The minimum Gasteiger partial charge on any atom is -0.354 e. The number of carbonyl (C=O) groups is 1. The second-order valence-electron chi connectivity index (χ2n) is 7.49. The molecule has 1 amide bonds. The van der Waals surface area contributed by atoms with Crippen LogP contribution in [0.4, 0.5) is 0 Å². The summed E-state index contributed by atoms with van der Waals surface area (Å²) in [6.45, 7) is 1.89. The fraction of sp³-hybridized carbons (Fsp3) is 0.455. The maximum atomic E-state index is 12.8. The molecule has 3 aromatic rings. The Morgan fingerprint density at radius 2 is 1.93 bits per heavy atom. The van der Waals surface area contributed by atoms with Gasteiger partial charge >= 0.3 is 0 Å². The second-order valence-corrected chi connectivity index (χ2v) is 7.49. The van der Waals surface area contributed by atoms with E-state index in [1.165, 1.54) is 0 Å². The van der Waals surface area contributed by atoms with Gasteiger partial charge in [0, 0.05) is 39.0 Å². The lowest BCUT2D eigenvalue weighted by Gasteiger charge is -2.24. The van der Waals surface area contributed by atoms with E-state index in [9.17, 15) is 4.79 Å². The Bertz CT molecular complexity index is 896. The molecule has 0 aliphatic carbocycles. The first-order valence-corrected chi connectivity index (χ1v) is 10.1. The molecule has 0 saturated carbocycles. The molecular formula is C22H28N4O. The molecule has 1 fully saturated rings. The lowest BCUT2D eigenvalue weighted by molar-refractivity contribution is -0.132. The van der Waals surface area contributed by atoms with E-state index >= 15 is 0 Å². The molecular weight excluding hydrogens is 336 g/mol. The number of hydrogen-bond acceptors (Lipinski definition) is 2. The van der Waals surface area contributed by atoms with Crippen molar-refractivity contribution < 1.29 is 4.79 Å². The van der Waals surface area contributed by atoms with Gasteiger partial charge in [-0.3, -0.25) is 4.79 Å². The van der Waals surface area contributed by atoms with Gasteiger partial charge in [-0.1, -0.05) is 18.6 Å². The highest BCUT2D eigenvalue weighted by molar-refractivity contribution is 5.78. The van der Waals surface area contributed by atoms with Crippen LogP contribution in [0.25, 0.3) is 11.0 Å². The highest BCUT2D eigenvalue weighted by Gasteiger charge is 2.32. The van der Waals surface area contributed by atoms with Crippen molar-refractivity contribution in [3.63, 3.8) is 0 Å². The Morgan fingerprint density at radius 3 is 2.74 bits per heavy atom. The Morgan fingerprint density at radius 1 is 1.11 bits per heavy atom. The van der Waals surface area contributed by atoms with E-state index < -0.39 is 0 Å². The SMILES string of the molecule is Cn1c(C2CCCN2C(=O)CCCCCn2cccc2)nc2ccccc21. The predicted octanol–water partition coefficient (Wildman–Crippen LogP) is 4.30. The molecule has 5 heteroatoms. The highest BCUT2D eigenvalue weighted by Crippen LogP contribution is 2.33. The van der Waals surface area contributed by atoms with Gasteiger partial charge in [0.1, 0.15) is 5.82 Å². The number of fused-ring (bicyclic) bond motifs is 1. The predicted molar refractivity (Wildman–Crippen MR) is 107 cm³/mol. The first kappa shape index (κ1) is 17.8. The number of aryl methyl sites for hydroxylation is 2. The summed E-state index contributed by atoms with van der Waals surface area (Å²) in [5, 5.41) is 0. The molecule has 3 heterocycles. The molecule has 0 bridgehead atoms. The molecule has 142 valence electrons. The van der Waals surface area contributed by atoms with E-state index in [1.54, 1.807) is 0 Å². The van der Waals surface area contributed by atoms with Crippen molar-refractivity contribution in [2.75, 3.05) is 6.54 Å². The maximum absolute atomic E-state index is 12.8. The molecule has 1 atom stereocenters. The van der Waals surface area contributed by atoms with Gasteiger partial charge in [-0.05, 0) is 49.9 Å². The van der Waals surface area contributed by atoms with Crippen LogP contribution in [0.3, 0.4) is 0 Å². The van der Waals surface area contributed by atoms with Crippen molar-refractivity contribution in [1.29, 1.82) is 0 Å². The molecule has 27 heavy (non-hydrogen) atoms. The standard InChI is InChI=1S/C22H28N4O/c1-24-19-11-5-4-10-18(19)23-22(24)20-12-9-17-26(20)21(27)13-3-2-6-14-25-15-7-8-16-25/h4-5,7-8,10-11,15-16,20H,2-3,6,9,12-14,17H2,1H3. The lowest BCUT2D eigenvalue weighted by atomic mass is 10.1. The van der Waals surface area contributed by atoms with E-state index in [0.29, 0.717) is 6.42 Å². The minimum absolute atomic E-state index is 0.120. The highest BCUT2D eigenvalue weighted by atomic mass is 16.2. The number of imidazole rings is 1. The normalized spacial score (nSPS) is 17.1. The summed E-state index contributed by atoms with van der Waals surface area (Å²) in [7, 11) is 2.06. The Balaban J connectivity index is 1.34. The van der Waals surface area contributed by atoms with Crippen LogP contribution in [-0.4, -0.2) is 31.5 Å². The van der Waals surface area contributed by atoms with Gasteiger partial charge in [-0.25, -0.2) is 4.98 Å². The number of para-hydroxylation sites is 2. The number of rotatable bonds is 7. The molecule has 5 nitrogen and oxygen atoms in total. The number of hydrogen-bond donors (Lipinski definition) is 0. The summed E-state index contributed by atoms with van der Waals surface area (Å²) < 4.78 is 4.35. The quantitative estimate of drug-likeness (QED) is 0.587. The molecule has 1 unspecified atom stereocenters. The summed E-state index contributed by atoms with van der Waals surface area (Å²) in [5.41, 5.74) is 2.15. The third-order valence-corrected chi connectivity index (χ3v) is 5.67. The van der Waals surface area contributed by atoms with E-state index in [2.05, 4.69) is 51.7 Å². The number of nitrogens with zero attached hydrogens (tertiary/aromatic N) is 4. The number of unbranched alkanes of at least 4 members (excludes halogenated alkanes) is 2. The number of likely N-dealkylation sites (tertiary alicyclic amines) is 1. The van der Waals surface area contributed by atoms with Crippen LogP contribution in [0.15, 0.2) is 48.8 Å². The molecule has 0 spiro atoms. The van der Waals surface area contributed by atoms with Crippen LogP contribution in [0.5, 0.6) is 0 Å². The monoisotopic (exact) mass is 364 g/mol. The van der Waals surface area contributed by atoms with E-state index in [4.69, 9.17) is 4.98 Å². The van der Waals surface area contributed by atoms with Crippen LogP contribution < -0.4 is 0 Å². The van der Waals surface area contributed by atoms with Crippen LogP contribution in [-0.2, 0) is 18.4 Å².